The van der Waals surface area contributed by atoms with Crippen LogP contribution in [0.1, 0.15) is 15.9 Å². The molecular weight excluding hydrogens is 212 g/mol. The van der Waals surface area contributed by atoms with Crippen LogP contribution in [-0.4, -0.2) is 18.9 Å². The highest BCUT2D eigenvalue weighted by Crippen LogP contribution is 2.05. The lowest BCUT2D eigenvalue weighted by Gasteiger charge is -2.04. The number of hydrogen-bond donors (Lipinski definition) is 2. The summed E-state index contributed by atoms with van der Waals surface area (Å²) in [4.78, 5) is 21.5. The molecule has 0 saturated carbocycles. The summed E-state index contributed by atoms with van der Waals surface area (Å²) in [5.41, 5.74) is 11.4. The minimum absolute atomic E-state index is 0.352. The number of ether oxygens (including phenoxy) is 2. The summed E-state index contributed by atoms with van der Waals surface area (Å²) < 4.78 is 8.87. The molecule has 1 aromatic carbocycles. The van der Waals surface area contributed by atoms with Crippen LogP contribution in [0.5, 0.6) is 0 Å². The number of nitrogens with two attached hydrogens (primary N) is 2. The molecule has 4 N–H and O–H groups in total. The van der Waals surface area contributed by atoms with Gasteiger partial charge in [0.2, 0.25) is 6.79 Å². The van der Waals surface area contributed by atoms with Crippen LogP contribution in [0.3, 0.4) is 0 Å². The summed E-state index contributed by atoms with van der Waals surface area (Å²) in [7, 11) is 0. The van der Waals surface area contributed by atoms with Gasteiger partial charge in [0.15, 0.2) is 0 Å². The van der Waals surface area contributed by atoms with Gasteiger partial charge in [-0.15, -0.1) is 0 Å². The summed E-state index contributed by atoms with van der Waals surface area (Å²) in [6.07, 6.45) is -0.994. The molecule has 1 aromatic rings. The van der Waals surface area contributed by atoms with Crippen LogP contribution in [0.4, 0.5) is 4.79 Å². The molecule has 16 heavy (non-hydrogen) atoms. The first-order valence-electron chi connectivity index (χ1n) is 4.52. The number of amides is 1. The SMILES string of the molecule is NCc1ccc(C(=O)OCOC(N)=O)cc1. The Kier molecular flexibility index (Phi) is 4.28. The number of rotatable bonds is 4. The van der Waals surface area contributed by atoms with Crippen molar-refractivity contribution in [2.24, 2.45) is 11.5 Å². The van der Waals surface area contributed by atoms with Crippen molar-refractivity contribution >= 4 is 12.1 Å². The zero-order valence-electron chi connectivity index (χ0n) is 8.51. The van der Waals surface area contributed by atoms with Gasteiger partial charge in [0, 0.05) is 6.54 Å². The highest BCUT2D eigenvalue weighted by molar-refractivity contribution is 5.89. The summed E-state index contributed by atoms with van der Waals surface area (Å²) in [5, 5.41) is 0. The highest BCUT2D eigenvalue weighted by atomic mass is 16.7. The Morgan fingerprint density at radius 3 is 2.25 bits per heavy atom. The average molecular weight is 224 g/mol. The second kappa shape index (κ2) is 5.72. The molecule has 0 aliphatic carbocycles. The van der Waals surface area contributed by atoms with E-state index in [1.54, 1.807) is 24.3 Å². The van der Waals surface area contributed by atoms with Gasteiger partial charge in [0.05, 0.1) is 5.56 Å². The van der Waals surface area contributed by atoms with E-state index < -0.39 is 18.9 Å². The van der Waals surface area contributed by atoms with Gasteiger partial charge in [0.1, 0.15) is 0 Å². The number of esters is 1. The van der Waals surface area contributed by atoms with Crippen LogP contribution < -0.4 is 11.5 Å². The molecule has 1 amide bonds. The maximum absolute atomic E-state index is 11.3. The molecule has 6 heteroatoms. The molecule has 0 aromatic heterocycles. The largest absolute Gasteiger partial charge is 0.424 e. The summed E-state index contributed by atoms with van der Waals surface area (Å²) in [6.45, 7) is -0.0904. The van der Waals surface area contributed by atoms with Crippen LogP contribution >= 0.6 is 0 Å². The molecule has 0 radical (unpaired) electrons. The smallest absolute Gasteiger partial charge is 0.407 e. The minimum atomic E-state index is -0.994. The highest BCUT2D eigenvalue weighted by Gasteiger charge is 2.07. The fourth-order valence-corrected chi connectivity index (χ4v) is 1.00. The van der Waals surface area contributed by atoms with Crippen LogP contribution in [0.15, 0.2) is 24.3 Å². The minimum Gasteiger partial charge on any atom is -0.424 e. The lowest BCUT2D eigenvalue weighted by atomic mass is 10.1. The molecular formula is C10H12N2O4. The Morgan fingerprint density at radius 2 is 1.75 bits per heavy atom. The fourth-order valence-electron chi connectivity index (χ4n) is 1.00. The van der Waals surface area contributed by atoms with E-state index in [1.807, 2.05) is 0 Å². The van der Waals surface area contributed by atoms with Crippen molar-refractivity contribution in [1.82, 2.24) is 0 Å². The Balaban J connectivity index is 2.49. The van der Waals surface area contributed by atoms with Crippen molar-refractivity contribution < 1.29 is 19.1 Å². The van der Waals surface area contributed by atoms with Gasteiger partial charge in [0.25, 0.3) is 0 Å². The Morgan fingerprint density at radius 1 is 1.12 bits per heavy atom. The van der Waals surface area contributed by atoms with E-state index in [2.05, 4.69) is 15.2 Å². The number of hydrogen-bond acceptors (Lipinski definition) is 5. The van der Waals surface area contributed by atoms with Crippen molar-refractivity contribution in [3.8, 4) is 0 Å². The van der Waals surface area contributed by atoms with Crippen LogP contribution in [0.25, 0.3) is 0 Å². The molecule has 0 aliphatic rings. The summed E-state index contributed by atoms with van der Waals surface area (Å²) in [6, 6.07) is 6.58. The van der Waals surface area contributed by atoms with Gasteiger partial charge >= 0.3 is 12.1 Å². The third kappa shape index (κ3) is 3.58. The standard InChI is InChI=1S/C10H12N2O4/c11-5-7-1-3-8(4-2-7)9(13)15-6-16-10(12)14/h1-4H,5-6,11H2,(H2,12,14). The Bertz CT molecular complexity index is 375. The van der Waals surface area contributed by atoms with Gasteiger partial charge in [-0.1, -0.05) is 12.1 Å². The number of primary amides is 1. The van der Waals surface area contributed by atoms with Crippen molar-refractivity contribution in [3.05, 3.63) is 35.4 Å². The first-order chi connectivity index (χ1) is 7.63. The van der Waals surface area contributed by atoms with Crippen LogP contribution in [-0.2, 0) is 16.0 Å². The second-order valence-electron chi connectivity index (χ2n) is 2.91. The quantitative estimate of drug-likeness (QED) is 0.567. The number of carbonyl (C=O) groups is 2. The Hall–Kier alpha value is -2.08. The van der Waals surface area contributed by atoms with Gasteiger partial charge < -0.3 is 20.9 Å². The van der Waals surface area contributed by atoms with Gasteiger partial charge in [-0.2, -0.15) is 0 Å². The van der Waals surface area contributed by atoms with E-state index in [9.17, 15) is 9.59 Å². The molecule has 0 heterocycles. The Labute approximate surface area is 92.1 Å². The van der Waals surface area contributed by atoms with E-state index in [0.29, 0.717) is 12.1 Å². The van der Waals surface area contributed by atoms with E-state index in [4.69, 9.17) is 5.73 Å². The van der Waals surface area contributed by atoms with Crippen LogP contribution in [0, 0.1) is 0 Å². The van der Waals surface area contributed by atoms with Crippen molar-refractivity contribution in [1.29, 1.82) is 0 Å². The van der Waals surface area contributed by atoms with E-state index >= 15 is 0 Å². The second-order valence-corrected chi connectivity index (χ2v) is 2.91. The molecule has 0 saturated heterocycles. The lowest BCUT2D eigenvalue weighted by Crippen LogP contribution is -2.17. The predicted molar refractivity (Wildman–Crippen MR) is 55.3 cm³/mol. The van der Waals surface area contributed by atoms with Gasteiger partial charge in [-0.05, 0) is 17.7 Å². The first kappa shape index (κ1) is 12.0. The first-order valence-corrected chi connectivity index (χ1v) is 4.52. The molecule has 86 valence electrons. The molecule has 1 rings (SSSR count). The molecule has 0 atom stereocenters. The van der Waals surface area contributed by atoms with Gasteiger partial charge in [-0.3, -0.25) is 0 Å². The third-order valence-electron chi connectivity index (χ3n) is 1.82. The molecule has 0 aliphatic heterocycles. The molecule has 0 fully saturated rings. The normalized spacial score (nSPS) is 9.56. The third-order valence-corrected chi connectivity index (χ3v) is 1.82. The monoisotopic (exact) mass is 224 g/mol. The van der Waals surface area contributed by atoms with Crippen molar-refractivity contribution in [3.63, 3.8) is 0 Å². The summed E-state index contributed by atoms with van der Waals surface area (Å²) in [5.74, 6) is -0.593. The average Bonchev–Trinajstić information content (AvgIpc) is 2.28. The van der Waals surface area contributed by atoms with Crippen molar-refractivity contribution in [2.45, 2.75) is 6.54 Å². The molecule has 6 nitrogen and oxygen atoms in total. The fraction of sp³-hybridized carbons (Fsp3) is 0.200. The zero-order valence-corrected chi connectivity index (χ0v) is 8.51. The summed E-state index contributed by atoms with van der Waals surface area (Å²) >= 11 is 0. The number of carbonyl (C=O) groups excluding carboxylic acids is 2. The van der Waals surface area contributed by atoms with E-state index in [1.165, 1.54) is 0 Å². The predicted octanol–water partition coefficient (Wildman–Crippen LogP) is 0.355. The van der Waals surface area contributed by atoms with Gasteiger partial charge in [-0.25, -0.2) is 9.59 Å². The van der Waals surface area contributed by atoms with E-state index in [0.717, 1.165) is 5.56 Å². The maximum atomic E-state index is 11.3. The van der Waals surface area contributed by atoms with Crippen LogP contribution in [0.2, 0.25) is 0 Å². The zero-order chi connectivity index (χ0) is 12.0. The number of benzene rings is 1. The topological polar surface area (TPSA) is 105 Å². The van der Waals surface area contributed by atoms with E-state index in [-0.39, 0.29) is 0 Å². The lowest BCUT2D eigenvalue weighted by molar-refractivity contribution is 0.00000221. The van der Waals surface area contributed by atoms with Crippen molar-refractivity contribution in [2.75, 3.05) is 6.79 Å². The molecule has 0 bridgehead atoms. The molecule has 0 unspecified atom stereocenters. The maximum Gasteiger partial charge on any atom is 0.407 e. The molecule has 0 spiro atoms.